The number of thioether (sulfide) groups is 1. The number of aromatic hydroxyl groups is 1. The van der Waals surface area contributed by atoms with Crippen molar-refractivity contribution >= 4 is 34.4 Å². The first kappa shape index (κ1) is 29.5. The van der Waals surface area contributed by atoms with E-state index in [0.717, 1.165) is 30.6 Å². The van der Waals surface area contributed by atoms with Gasteiger partial charge in [0.1, 0.15) is 12.4 Å². The fourth-order valence-electron chi connectivity index (χ4n) is 4.74. The Bertz CT molecular complexity index is 1090. The molecule has 0 saturated carbocycles. The predicted octanol–water partition coefficient (Wildman–Crippen LogP) is 4.63. The summed E-state index contributed by atoms with van der Waals surface area (Å²) in [7, 11) is 0. The molecule has 4 N–H and O–H groups in total. The summed E-state index contributed by atoms with van der Waals surface area (Å²) in [5.74, 6) is 5.21. The van der Waals surface area contributed by atoms with E-state index in [1.807, 2.05) is 28.8 Å². The lowest BCUT2D eigenvalue weighted by atomic mass is 9.88. The third-order valence-corrected chi connectivity index (χ3v) is 7.60. The fraction of sp³-hybridized carbons (Fsp3) is 0.643. The Labute approximate surface area is 225 Å². The smallest absolute Gasteiger partial charge is 0.222 e. The topological polar surface area (TPSA) is 112 Å². The molecule has 0 aliphatic carbocycles. The van der Waals surface area contributed by atoms with Crippen LogP contribution in [-0.2, 0) is 27.4 Å². The summed E-state index contributed by atoms with van der Waals surface area (Å²) >= 11 is 1.84. The van der Waals surface area contributed by atoms with E-state index in [1.54, 1.807) is 0 Å². The molecule has 1 aliphatic heterocycles. The SMILES string of the molecule is CC(C)(C)Cc1c(SC(C)(C)C)[nH]c2c(CN3CCN(C(=O)CCCC(=O)CON)CC3)c(O)ccc12. The van der Waals surface area contributed by atoms with Crippen molar-refractivity contribution in [1.82, 2.24) is 14.8 Å². The van der Waals surface area contributed by atoms with Crippen molar-refractivity contribution in [3.8, 4) is 5.75 Å². The number of carbonyl (C=O) groups excluding carboxylic acids is 2. The summed E-state index contributed by atoms with van der Waals surface area (Å²) in [6, 6.07) is 3.86. The van der Waals surface area contributed by atoms with Gasteiger partial charge >= 0.3 is 0 Å². The summed E-state index contributed by atoms with van der Waals surface area (Å²) < 4.78 is 0.0596. The number of hydrogen-bond donors (Lipinski definition) is 3. The Kier molecular flexibility index (Phi) is 9.72. The number of piperazine rings is 1. The summed E-state index contributed by atoms with van der Waals surface area (Å²) in [6.45, 7) is 16.7. The number of H-pyrrole nitrogens is 1. The van der Waals surface area contributed by atoms with E-state index in [1.165, 1.54) is 16.0 Å². The zero-order chi connectivity index (χ0) is 27.4. The third-order valence-electron chi connectivity index (χ3n) is 6.44. The van der Waals surface area contributed by atoms with E-state index in [9.17, 15) is 14.7 Å². The van der Waals surface area contributed by atoms with Gasteiger partial charge in [0, 0.05) is 61.3 Å². The number of benzene rings is 1. The quantitative estimate of drug-likeness (QED) is 0.302. The third kappa shape index (κ3) is 8.46. The molecule has 1 aromatic carbocycles. The van der Waals surface area contributed by atoms with Gasteiger partial charge < -0.3 is 15.0 Å². The molecular formula is C28H44N4O4S. The van der Waals surface area contributed by atoms with E-state index in [-0.39, 0.29) is 28.5 Å². The van der Waals surface area contributed by atoms with Gasteiger partial charge in [0.15, 0.2) is 5.78 Å². The van der Waals surface area contributed by atoms with Gasteiger partial charge in [-0.05, 0) is 36.0 Å². The fourth-order valence-corrected chi connectivity index (χ4v) is 5.81. The minimum atomic E-state index is -0.110. The minimum Gasteiger partial charge on any atom is -0.508 e. The van der Waals surface area contributed by atoms with Crippen molar-refractivity contribution in [2.45, 2.75) is 83.5 Å². The molecule has 0 unspecified atom stereocenters. The predicted molar refractivity (Wildman–Crippen MR) is 150 cm³/mol. The summed E-state index contributed by atoms with van der Waals surface area (Å²) in [5.41, 5.74) is 3.37. The van der Waals surface area contributed by atoms with E-state index < -0.39 is 0 Å². The van der Waals surface area contributed by atoms with Crippen LogP contribution >= 0.6 is 11.8 Å². The second-order valence-corrected chi connectivity index (χ2v) is 14.1. The normalized spacial score (nSPS) is 15.5. The number of amides is 1. The largest absolute Gasteiger partial charge is 0.508 e. The van der Waals surface area contributed by atoms with Crippen molar-refractivity contribution in [3.05, 3.63) is 23.3 Å². The molecule has 1 saturated heterocycles. The second-order valence-electron chi connectivity index (χ2n) is 12.2. The average molecular weight is 533 g/mol. The Hall–Kier alpha value is -2.07. The van der Waals surface area contributed by atoms with E-state index in [2.05, 4.69) is 56.3 Å². The van der Waals surface area contributed by atoms with Crippen molar-refractivity contribution in [1.29, 1.82) is 0 Å². The monoisotopic (exact) mass is 532 g/mol. The number of hydrogen-bond acceptors (Lipinski definition) is 7. The Morgan fingerprint density at radius 2 is 1.73 bits per heavy atom. The van der Waals surface area contributed by atoms with Crippen LogP contribution in [0.25, 0.3) is 10.9 Å². The van der Waals surface area contributed by atoms with Gasteiger partial charge in [0.2, 0.25) is 5.91 Å². The van der Waals surface area contributed by atoms with Gasteiger partial charge in [0.05, 0.1) is 10.5 Å². The molecule has 0 radical (unpaired) electrons. The number of nitrogens with two attached hydrogens (primary N) is 1. The molecule has 9 heteroatoms. The maximum Gasteiger partial charge on any atom is 0.222 e. The lowest BCUT2D eigenvalue weighted by molar-refractivity contribution is -0.133. The summed E-state index contributed by atoms with van der Waals surface area (Å²) in [5, 5.41) is 13.2. The highest BCUT2D eigenvalue weighted by Gasteiger charge is 2.26. The molecule has 8 nitrogen and oxygen atoms in total. The number of phenolic OH excluding ortho intramolecular Hbond substituents is 1. The first-order valence-corrected chi connectivity index (χ1v) is 14.0. The molecule has 37 heavy (non-hydrogen) atoms. The summed E-state index contributed by atoms with van der Waals surface area (Å²) in [4.78, 5) is 36.3. The number of aromatic amines is 1. The van der Waals surface area contributed by atoms with Crippen LogP contribution in [0.1, 0.15) is 71.9 Å². The number of nitrogens with zero attached hydrogens (tertiary/aromatic N) is 2. The highest BCUT2D eigenvalue weighted by Crippen LogP contribution is 2.42. The van der Waals surface area contributed by atoms with Crippen LogP contribution in [-0.4, -0.2) is 69.1 Å². The molecule has 2 aromatic rings. The van der Waals surface area contributed by atoms with Crippen molar-refractivity contribution in [2.75, 3.05) is 32.8 Å². The van der Waals surface area contributed by atoms with Crippen molar-refractivity contribution < 1.29 is 19.5 Å². The number of aromatic nitrogens is 1. The maximum atomic E-state index is 12.6. The number of carbonyl (C=O) groups is 2. The Balaban J connectivity index is 1.71. The molecule has 0 spiro atoms. The zero-order valence-corrected chi connectivity index (χ0v) is 24.1. The van der Waals surface area contributed by atoms with Crippen LogP contribution in [0, 0.1) is 5.41 Å². The van der Waals surface area contributed by atoms with Crippen LogP contribution < -0.4 is 5.90 Å². The van der Waals surface area contributed by atoms with Gasteiger partial charge in [-0.3, -0.25) is 19.3 Å². The van der Waals surface area contributed by atoms with Crippen LogP contribution in [0.3, 0.4) is 0 Å². The minimum absolute atomic E-state index is 0.0596. The second kappa shape index (κ2) is 12.2. The van der Waals surface area contributed by atoms with E-state index >= 15 is 0 Å². The number of rotatable bonds is 10. The molecule has 1 amide bonds. The van der Waals surface area contributed by atoms with Crippen LogP contribution in [0.2, 0.25) is 0 Å². The molecule has 1 aliphatic rings. The van der Waals surface area contributed by atoms with Crippen LogP contribution in [0.15, 0.2) is 17.2 Å². The van der Waals surface area contributed by atoms with Gasteiger partial charge in [-0.2, -0.15) is 0 Å². The van der Waals surface area contributed by atoms with Gasteiger partial charge in [-0.25, -0.2) is 5.90 Å². The summed E-state index contributed by atoms with van der Waals surface area (Å²) in [6.07, 6.45) is 2.11. The van der Waals surface area contributed by atoms with Gasteiger partial charge in [-0.1, -0.05) is 41.5 Å². The zero-order valence-electron chi connectivity index (χ0n) is 23.3. The molecule has 2 heterocycles. The number of ketones is 1. The maximum absolute atomic E-state index is 12.6. The molecule has 1 fully saturated rings. The molecule has 0 atom stereocenters. The molecule has 3 rings (SSSR count). The van der Waals surface area contributed by atoms with E-state index in [0.29, 0.717) is 44.6 Å². The van der Waals surface area contributed by atoms with Gasteiger partial charge in [-0.15, -0.1) is 11.8 Å². The molecule has 1 aromatic heterocycles. The van der Waals surface area contributed by atoms with E-state index in [4.69, 9.17) is 5.90 Å². The standard InChI is InChI=1S/C28H44N4O4S/c1-27(2,3)16-21-20-10-11-23(34)22(25(20)30-26(21)37-28(4,5)6)17-31-12-14-32(15-13-31)24(35)9-7-8-19(33)18-36-29/h10-11,30,34H,7-9,12-18,29H2,1-6H3. The number of nitrogens with one attached hydrogen (secondary N) is 1. The molecular weight excluding hydrogens is 488 g/mol. The Morgan fingerprint density at radius 1 is 1.05 bits per heavy atom. The number of fused-ring (bicyclic) bond motifs is 1. The number of phenols is 1. The lowest BCUT2D eigenvalue weighted by Gasteiger charge is -2.35. The van der Waals surface area contributed by atoms with Crippen LogP contribution in [0.5, 0.6) is 5.75 Å². The Morgan fingerprint density at radius 3 is 2.32 bits per heavy atom. The highest BCUT2D eigenvalue weighted by molar-refractivity contribution is 8.00. The molecule has 206 valence electrons. The van der Waals surface area contributed by atoms with Gasteiger partial charge in [0.25, 0.3) is 0 Å². The highest BCUT2D eigenvalue weighted by atomic mass is 32.2. The molecule has 0 bridgehead atoms. The van der Waals surface area contributed by atoms with Crippen LogP contribution in [0.4, 0.5) is 0 Å². The van der Waals surface area contributed by atoms with Crippen molar-refractivity contribution in [2.24, 2.45) is 11.3 Å². The average Bonchev–Trinajstić information content (AvgIpc) is 3.10. The first-order chi connectivity index (χ1) is 17.3. The lowest BCUT2D eigenvalue weighted by Crippen LogP contribution is -2.48. The first-order valence-electron chi connectivity index (χ1n) is 13.2. The number of Topliss-reactive ketones (excluding diaryl/α,β-unsaturated/α-hetero) is 1. The van der Waals surface area contributed by atoms with Crippen molar-refractivity contribution in [3.63, 3.8) is 0 Å².